The summed E-state index contributed by atoms with van der Waals surface area (Å²) in [6, 6.07) is 13.4. The van der Waals surface area contributed by atoms with Gasteiger partial charge >= 0.3 is 0 Å². The molecule has 1 aromatic heterocycles. The van der Waals surface area contributed by atoms with Crippen LogP contribution in [0.15, 0.2) is 48.7 Å². The Labute approximate surface area is 197 Å². The van der Waals surface area contributed by atoms with Crippen LogP contribution in [0.1, 0.15) is 37.5 Å². The van der Waals surface area contributed by atoms with Gasteiger partial charge in [0.1, 0.15) is 5.54 Å². The number of rotatable bonds is 2. The van der Waals surface area contributed by atoms with E-state index in [0.29, 0.717) is 6.42 Å². The van der Waals surface area contributed by atoms with E-state index in [1.165, 1.54) is 4.90 Å². The van der Waals surface area contributed by atoms with Gasteiger partial charge < -0.3 is 10.3 Å². The standard InChI is InChI=1S/C27H28N4O3/c1-14-8-7-10-17-22(14)29-25(34)27(17)21-20(23(32)31(24(21)33)26(2,3)4)19(30-27)12-15-13-28-18-11-6-5-9-16(15)18/h5-11,13,19-21,28,30H,12H2,1-4H3,(H,29,34). The number of hydrogen-bond acceptors (Lipinski definition) is 4. The second kappa shape index (κ2) is 6.79. The maximum absolute atomic E-state index is 13.9. The molecule has 3 amide bonds. The average molecular weight is 457 g/mol. The van der Waals surface area contributed by atoms with Crippen LogP contribution in [0, 0.1) is 18.8 Å². The molecule has 4 unspecified atom stereocenters. The van der Waals surface area contributed by atoms with Gasteiger partial charge in [-0.3, -0.25) is 24.6 Å². The number of aromatic amines is 1. The molecule has 0 radical (unpaired) electrons. The summed E-state index contributed by atoms with van der Waals surface area (Å²) in [5.41, 5.74) is 2.57. The van der Waals surface area contributed by atoms with Gasteiger partial charge in [-0.1, -0.05) is 36.4 Å². The number of fused-ring (bicyclic) bond motifs is 5. The van der Waals surface area contributed by atoms with Crippen LogP contribution in [0.4, 0.5) is 5.69 Å². The topological polar surface area (TPSA) is 94.3 Å². The van der Waals surface area contributed by atoms with Crippen LogP contribution >= 0.6 is 0 Å². The first-order valence-corrected chi connectivity index (χ1v) is 11.8. The zero-order valence-corrected chi connectivity index (χ0v) is 19.7. The van der Waals surface area contributed by atoms with E-state index >= 15 is 0 Å². The Balaban J connectivity index is 1.52. The van der Waals surface area contributed by atoms with Crippen molar-refractivity contribution in [1.82, 2.24) is 15.2 Å². The van der Waals surface area contributed by atoms with Crippen LogP contribution in [-0.4, -0.2) is 39.2 Å². The Kier molecular flexibility index (Phi) is 4.22. The zero-order chi connectivity index (χ0) is 24.0. The molecule has 2 fully saturated rings. The minimum absolute atomic E-state index is 0.203. The van der Waals surface area contributed by atoms with Gasteiger partial charge in [0.25, 0.3) is 0 Å². The molecule has 0 bridgehead atoms. The molecule has 3 aliphatic rings. The first kappa shape index (κ1) is 21.1. The van der Waals surface area contributed by atoms with E-state index < -0.39 is 22.9 Å². The highest BCUT2D eigenvalue weighted by molar-refractivity contribution is 6.15. The fourth-order valence-electron chi connectivity index (χ4n) is 6.35. The fourth-order valence-corrected chi connectivity index (χ4v) is 6.35. The molecule has 7 nitrogen and oxygen atoms in total. The van der Waals surface area contributed by atoms with Crippen LogP contribution in [0.2, 0.25) is 0 Å². The molecule has 2 aromatic carbocycles. The van der Waals surface area contributed by atoms with Crippen LogP contribution in [0.3, 0.4) is 0 Å². The second-order valence-corrected chi connectivity index (χ2v) is 10.8. The third-order valence-corrected chi connectivity index (χ3v) is 7.74. The van der Waals surface area contributed by atoms with E-state index in [4.69, 9.17) is 0 Å². The molecule has 4 heterocycles. The summed E-state index contributed by atoms with van der Waals surface area (Å²) in [5.74, 6) is -2.16. The molecule has 3 N–H and O–H groups in total. The number of aromatic nitrogens is 1. The number of imide groups is 1. The molecule has 2 saturated heterocycles. The zero-order valence-electron chi connectivity index (χ0n) is 19.7. The lowest BCUT2D eigenvalue weighted by molar-refractivity contribution is -0.147. The first-order chi connectivity index (χ1) is 16.1. The lowest BCUT2D eigenvalue weighted by Gasteiger charge is -2.34. The molecule has 1 spiro atoms. The smallest absolute Gasteiger partial charge is 0.250 e. The number of aryl methyl sites for hydroxylation is 1. The van der Waals surface area contributed by atoms with E-state index in [1.54, 1.807) is 0 Å². The lowest BCUT2D eigenvalue weighted by Crippen LogP contribution is -2.56. The van der Waals surface area contributed by atoms with E-state index in [2.05, 4.69) is 15.6 Å². The third kappa shape index (κ3) is 2.59. The van der Waals surface area contributed by atoms with Gasteiger partial charge in [0.15, 0.2) is 0 Å². The number of carbonyl (C=O) groups is 3. The van der Waals surface area contributed by atoms with Gasteiger partial charge in [-0.2, -0.15) is 0 Å². The van der Waals surface area contributed by atoms with Crippen LogP contribution in [-0.2, 0) is 26.3 Å². The number of hydrogen-bond donors (Lipinski definition) is 3. The van der Waals surface area contributed by atoms with Gasteiger partial charge in [0, 0.05) is 39.9 Å². The van der Waals surface area contributed by atoms with Crippen molar-refractivity contribution in [3.8, 4) is 0 Å². The SMILES string of the molecule is Cc1cccc2c1NC(=O)C21NC(Cc2c[nH]c3ccccc23)C2C(=O)N(C(C)(C)C)C(=O)C21. The van der Waals surface area contributed by atoms with Crippen LogP contribution < -0.4 is 10.6 Å². The summed E-state index contributed by atoms with van der Waals surface area (Å²) >= 11 is 0. The molecule has 3 aliphatic heterocycles. The Morgan fingerprint density at radius 2 is 1.76 bits per heavy atom. The summed E-state index contributed by atoms with van der Waals surface area (Å²) in [6.07, 6.45) is 2.49. The van der Waals surface area contributed by atoms with Gasteiger partial charge in [0.05, 0.1) is 11.8 Å². The number of para-hydroxylation sites is 2. The quantitative estimate of drug-likeness (QED) is 0.516. The van der Waals surface area contributed by atoms with E-state index in [1.807, 2.05) is 76.4 Å². The maximum Gasteiger partial charge on any atom is 0.250 e. The maximum atomic E-state index is 13.9. The molecule has 4 atom stereocenters. The summed E-state index contributed by atoms with van der Waals surface area (Å²) < 4.78 is 0. The molecular formula is C27H28N4O3. The Morgan fingerprint density at radius 1 is 1.00 bits per heavy atom. The molecular weight excluding hydrogens is 428 g/mol. The number of amides is 3. The van der Waals surface area contributed by atoms with Gasteiger partial charge in [-0.25, -0.2) is 0 Å². The number of benzene rings is 2. The van der Waals surface area contributed by atoms with Gasteiger partial charge in [-0.05, 0) is 51.3 Å². The Morgan fingerprint density at radius 3 is 2.53 bits per heavy atom. The van der Waals surface area contributed by atoms with Crippen molar-refractivity contribution in [2.75, 3.05) is 5.32 Å². The molecule has 7 heteroatoms. The normalized spacial score (nSPS) is 28.2. The van der Waals surface area contributed by atoms with E-state index in [-0.39, 0.29) is 23.8 Å². The van der Waals surface area contributed by atoms with E-state index in [9.17, 15) is 14.4 Å². The molecule has 174 valence electrons. The number of H-pyrrole nitrogens is 1. The molecule has 34 heavy (non-hydrogen) atoms. The van der Waals surface area contributed by atoms with Gasteiger partial charge in [-0.15, -0.1) is 0 Å². The highest BCUT2D eigenvalue weighted by Crippen LogP contribution is 2.54. The molecule has 0 aliphatic carbocycles. The van der Waals surface area contributed by atoms with Crippen molar-refractivity contribution in [3.63, 3.8) is 0 Å². The summed E-state index contributed by atoms with van der Waals surface area (Å²) in [4.78, 5) is 46.0. The van der Waals surface area contributed by atoms with Crippen molar-refractivity contribution >= 4 is 34.3 Å². The number of nitrogens with one attached hydrogen (secondary N) is 3. The predicted molar refractivity (Wildman–Crippen MR) is 129 cm³/mol. The summed E-state index contributed by atoms with van der Waals surface area (Å²) in [7, 11) is 0. The number of anilines is 1. The minimum Gasteiger partial charge on any atom is -0.361 e. The van der Waals surface area contributed by atoms with Crippen LogP contribution in [0.5, 0.6) is 0 Å². The van der Waals surface area contributed by atoms with Crippen molar-refractivity contribution in [3.05, 3.63) is 65.4 Å². The monoisotopic (exact) mass is 456 g/mol. The Hall–Kier alpha value is -3.45. The number of carbonyl (C=O) groups excluding carboxylic acids is 3. The van der Waals surface area contributed by atoms with E-state index in [0.717, 1.165) is 33.3 Å². The van der Waals surface area contributed by atoms with Crippen molar-refractivity contribution < 1.29 is 14.4 Å². The third-order valence-electron chi connectivity index (χ3n) is 7.74. The lowest BCUT2D eigenvalue weighted by atomic mass is 9.76. The number of nitrogens with zero attached hydrogens (tertiary/aromatic N) is 1. The second-order valence-electron chi connectivity index (χ2n) is 10.8. The highest BCUT2D eigenvalue weighted by atomic mass is 16.2. The predicted octanol–water partition coefficient (Wildman–Crippen LogP) is 3.24. The first-order valence-electron chi connectivity index (χ1n) is 11.8. The number of likely N-dealkylation sites (tertiary alicyclic amines) is 1. The largest absolute Gasteiger partial charge is 0.361 e. The van der Waals surface area contributed by atoms with Crippen molar-refractivity contribution in [1.29, 1.82) is 0 Å². The Bertz CT molecular complexity index is 1380. The molecule has 6 rings (SSSR count). The fraction of sp³-hybridized carbons (Fsp3) is 0.370. The minimum atomic E-state index is -1.27. The van der Waals surface area contributed by atoms with Crippen molar-refractivity contribution in [2.24, 2.45) is 11.8 Å². The molecule has 3 aromatic rings. The summed E-state index contributed by atoms with van der Waals surface area (Å²) in [6.45, 7) is 7.54. The van der Waals surface area contributed by atoms with Crippen molar-refractivity contribution in [2.45, 2.75) is 51.2 Å². The van der Waals surface area contributed by atoms with Gasteiger partial charge in [0.2, 0.25) is 17.7 Å². The highest BCUT2D eigenvalue weighted by Gasteiger charge is 2.71. The molecule has 0 saturated carbocycles. The van der Waals surface area contributed by atoms with Crippen LogP contribution in [0.25, 0.3) is 10.9 Å². The average Bonchev–Trinajstić information content (AvgIpc) is 3.48. The summed E-state index contributed by atoms with van der Waals surface area (Å²) in [5, 5.41) is 7.64.